The number of fused-ring (bicyclic) bond motifs is 1. The molecule has 1 fully saturated rings. The average Bonchev–Trinajstić information content (AvgIpc) is 3.05. The fourth-order valence-corrected chi connectivity index (χ4v) is 3.05. The third kappa shape index (κ3) is 2.08. The molecule has 5 heteroatoms. The van der Waals surface area contributed by atoms with Crippen LogP contribution >= 0.6 is 0 Å². The summed E-state index contributed by atoms with van der Waals surface area (Å²) in [4.78, 5) is 14.6. The number of aromatic amines is 1. The second-order valence-corrected chi connectivity index (χ2v) is 5.95. The van der Waals surface area contributed by atoms with Crippen LogP contribution in [0.3, 0.4) is 0 Å². The summed E-state index contributed by atoms with van der Waals surface area (Å²) < 4.78 is 0. The van der Waals surface area contributed by atoms with Gasteiger partial charge in [0, 0.05) is 11.9 Å². The topological polar surface area (TPSA) is 69.2 Å². The zero-order chi connectivity index (χ0) is 14.3. The van der Waals surface area contributed by atoms with Gasteiger partial charge in [0.15, 0.2) is 0 Å². The van der Waals surface area contributed by atoms with E-state index in [0.717, 1.165) is 23.7 Å². The molecule has 20 heavy (non-hydrogen) atoms. The molecule has 0 spiro atoms. The highest BCUT2D eigenvalue weighted by molar-refractivity contribution is 6.05. The van der Waals surface area contributed by atoms with Crippen molar-refractivity contribution in [2.24, 2.45) is 0 Å². The van der Waals surface area contributed by atoms with Crippen LogP contribution in [-0.2, 0) is 0 Å². The molecule has 0 bridgehead atoms. The second kappa shape index (κ2) is 4.59. The number of rotatable bonds is 2. The predicted octanol–water partition coefficient (Wildman–Crippen LogP) is 1.94. The molecule has 3 rings (SSSR count). The Kier molecular flexibility index (Phi) is 3.01. The minimum atomic E-state index is -0.881. The van der Waals surface area contributed by atoms with Crippen molar-refractivity contribution in [2.45, 2.75) is 38.3 Å². The molecule has 1 unspecified atom stereocenters. The number of hydrogen-bond donors (Lipinski definition) is 2. The average molecular weight is 273 g/mol. The Balaban J connectivity index is 1.98. The zero-order valence-electron chi connectivity index (χ0n) is 11.8. The van der Waals surface area contributed by atoms with E-state index in [1.807, 2.05) is 18.2 Å². The number of hydrogen-bond acceptors (Lipinski definition) is 3. The van der Waals surface area contributed by atoms with Gasteiger partial charge in [0.25, 0.3) is 5.91 Å². The van der Waals surface area contributed by atoms with Gasteiger partial charge in [0.05, 0.1) is 28.9 Å². The number of nitrogens with one attached hydrogen (secondary N) is 1. The molecule has 0 saturated carbocycles. The summed E-state index contributed by atoms with van der Waals surface area (Å²) in [5.74, 6) is -0.0375. The van der Waals surface area contributed by atoms with Gasteiger partial charge in [-0.3, -0.25) is 9.89 Å². The van der Waals surface area contributed by atoms with Crippen molar-refractivity contribution in [1.82, 2.24) is 15.1 Å². The van der Waals surface area contributed by atoms with Gasteiger partial charge in [0.1, 0.15) is 0 Å². The first-order valence-corrected chi connectivity index (χ1v) is 6.94. The quantitative estimate of drug-likeness (QED) is 0.878. The van der Waals surface area contributed by atoms with E-state index in [1.54, 1.807) is 24.9 Å². The van der Waals surface area contributed by atoms with Crippen molar-refractivity contribution >= 4 is 16.8 Å². The second-order valence-electron chi connectivity index (χ2n) is 5.95. The third-order valence-electron chi connectivity index (χ3n) is 4.04. The molecule has 2 N–H and O–H groups in total. The van der Waals surface area contributed by atoms with Gasteiger partial charge in [-0.15, -0.1) is 0 Å². The van der Waals surface area contributed by atoms with Gasteiger partial charge in [-0.05, 0) is 32.8 Å². The number of amides is 1. The summed E-state index contributed by atoms with van der Waals surface area (Å²) in [6.45, 7) is 4.22. The standard InChI is InChI=1S/C15H19N3O2/c1-15(2,20)12-7-4-8-18(12)14(19)11-6-3-5-10-9-16-17-13(10)11/h3,5-6,9,12,20H,4,7-8H2,1-2H3,(H,16,17). The van der Waals surface area contributed by atoms with E-state index in [0.29, 0.717) is 12.1 Å². The van der Waals surface area contributed by atoms with Crippen molar-refractivity contribution in [2.75, 3.05) is 6.54 Å². The van der Waals surface area contributed by atoms with E-state index < -0.39 is 5.60 Å². The molecular weight excluding hydrogens is 254 g/mol. The van der Waals surface area contributed by atoms with Gasteiger partial charge in [-0.25, -0.2) is 0 Å². The lowest BCUT2D eigenvalue weighted by atomic mass is 9.96. The van der Waals surface area contributed by atoms with Gasteiger partial charge in [-0.1, -0.05) is 12.1 Å². The van der Waals surface area contributed by atoms with Crippen LogP contribution in [-0.4, -0.2) is 44.3 Å². The maximum atomic E-state index is 12.8. The van der Waals surface area contributed by atoms with E-state index in [4.69, 9.17) is 0 Å². The number of nitrogens with zero attached hydrogens (tertiary/aromatic N) is 2. The monoisotopic (exact) mass is 273 g/mol. The molecule has 1 aliphatic heterocycles. The van der Waals surface area contributed by atoms with E-state index >= 15 is 0 Å². The van der Waals surface area contributed by atoms with Crippen LogP contribution in [0.4, 0.5) is 0 Å². The van der Waals surface area contributed by atoms with Gasteiger partial charge >= 0.3 is 0 Å². The Morgan fingerprint density at radius 1 is 1.50 bits per heavy atom. The molecule has 2 heterocycles. The molecule has 1 aliphatic rings. The highest BCUT2D eigenvalue weighted by Crippen LogP contribution is 2.29. The van der Waals surface area contributed by atoms with E-state index in [-0.39, 0.29) is 11.9 Å². The van der Waals surface area contributed by atoms with Crippen molar-refractivity contribution in [3.05, 3.63) is 30.0 Å². The molecule has 0 radical (unpaired) electrons. The summed E-state index contributed by atoms with van der Waals surface area (Å²) in [7, 11) is 0. The van der Waals surface area contributed by atoms with E-state index in [2.05, 4.69) is 10.2 Å². The van der Waals surface area contributed by atoms with Crippen molar-refractivity contribution in [3.8, 4) is 0 Å². The van der Waals surface area contributed by atoms with Crippen LogP contribution in [0.25, 0.3) is 10.9 Å². The highest BCUT2D eigenvalue weighted by Gasteiger charge is 2.39. The van der Waals surface area contributed by atoms with Crippen molar-refractivity contribution < 1.29 is 9.90 Å². The van der Waals surface area contributed by atoms with Crippen LogP contribution in [0.2, 0.25) is 0 Å². The Labute approximate surface area is 117 Å². The largest absolute Gasteiger partial charge is 0.388 e. The first-order chi connectivity index (χ1) is 9.48. The maximum absolute atomic E-state index is 12.8. The fraction of sp³-hybridized carbons (Fsp3) is 0.467. The molecule has 1 atom stereocenters. The number of para-hydroxylation sites is 1. The van der Waals surface area contributed by atoms with Crippen LogP contribution in [0.1, 0.15) is 37.0 Å². The normalized spacial score (nSPS) is 19.8. The number of aliphatic hydroxyl groups is 1. The number of carbonyl (C=O) groups excluding carboxylic acids is 1. The minimum absolute atomic E-state index is 0.0375. The summed E-state index contributed by atoms with van der Waals surface area (Å²) in [6, 6.07) is 5.46. The number of H-pyrrole nitrogens is 1. The van der Waals surface area contributed by atoms with Gasteiger partial charge in [0.2, 0.25) is 0 Å². The molecule has 0 aliphatic carbocycles. The highest BCUT2D eigenvalue weighted by atomic mass is 16.3. The van der Waals surface area contributed by atoms with Crippen LogP contribution in [0.15, 0.2) is 24.4 Å². The van der Waals surface area contributed by atoms with Crippen molar-refractivity contribution in [3.63, 3.8) is 0 Å². The Morgan fingerprint density at radius 3 is 3.05 bits per heavy atom. The molecule has 106 valence electrons. The SMILES string of the molecule is CC(C)(O)C1CCCN1C(=O)c1cccc2cn[nH]c12. The summed E-state index contributed by atoms with van der Waals surface area (Å²) in [5, 5.41) is 18.0. The number of aromatic nitrogens is 2. The van der Waals surface area contributed by atoms with Crippen LogP contribution in [0, 0.1) is 0 Å². The molecular formula is C15H19N3O2. The first kappa shape index (κ1) is 13.1. The summed E-state index contributed by atoms with van der Waals surface area (Å²) in [5.41, 5.74) is 0.503. The van der Waals surface area contributed by atoms with Crippen LogP contribution in [0.5, 0.6) is 0 Å². The van der Waals surface area contributed by atoms with Crippen molar-refractivity contribution in [1.29, 1.82) is 0 Å². The van der Waals surface area contributed by atoms with E-state index in [1.165, 1.54) is 0 Å². The molecule has 1 amide bonds. The Morgan fingerprint density at radius 2 is 2.30 bits per heavy atom. The van der Waals surface area contributed by atoms with E-state index in [9.17, 15) is 9.90 Å². The Bertz CT molecular complexity index is 642. The molecule has 5 nitrogen and oxygen atoms in total. The molecule has 2 aromatic rings. The maximum Gasteiger partial charge on any atom is 0.256 e. The predicted molar refractivity (Wildman–Crippen MR) is 76.5 cm³/mol. The lowest BCUT2D eigenvalue weighted by Gasteiger charge is -2.33. The first-order valence-electron chi connectivity index (χ1n) is 6.94. The molecule has 1 saturated heterocycles. The summed E-state index contributed by atoms with van der Waals surface area (Å²) in [6.07, 6.45) is 3.48. The minimum Gasteiger partial charge on any atom is -0.388 e. The Hall–Kier alpha value is -1.88. The van der Waals surface area contributed by atoms with Gasteiger partial charge in [-0.2, -0.15) is 5.10 Å². The van der Waals surface area contributed by atoms with Gasteiger partial charge < -0.3 is 10.0 Å². The fourth-order valence-electron chi connectivity index (χ4n) is 3.05. The molecule has 1 aromatic heterocycles. The lowest BCUT2D eigenvalue weighted by molar-refractivity contribution is 0.000400. The number of carbonyl (C=O) groups is 1. The lowest BCUT2D eigenvalue weighted by Crippen LogP contribution is -2.48. The number of likely N-dealkylation sites (tertiary alicyclic amines) is 1. The summed E-state index contributed by atoms with van der Waals surface area (Å²) >= 11 is 0. The van der Waals surface area contributed by atoms with Crippen LogP contribution < -0.4 is 0 Å². The third-order valence-corrected chi connectivity index (χ3v) is 4.04. The zero-order valence-corrected chi connectivity index (χ0v) is 11.8. The number of benzene rings is 1. The smallest absolute Gasteiger partial charge is 0.256 e. The molecule has 1 aromatic carbocycles.